The van der Waals surface area contributed by atoms with Crippen LogP contribution in [0.15, 0.2) is 6.33 Å². The normalized spacial score (nSPS) is 16.9. The zero-order valence-electron chi connectivity index (χ0n) is 12.0. The number of carbonyl (C=O) groups excluding carboxylic acids is 2. The lowest BCUT2D eigenvalue weighted by atomic mass is 10.3. The van der Waals surface area contributed by atoms with E-state index in [4.69, 9.17) is 0 Å². The van der Waals surface area contributed by atoms with E-state index in [9.17, 15) is 9.59 Å². The summed E-state index contributed by atoms with van der Waals surface area (Å²) < 4.78 is 1.78. The lowest BCUT2D eigenvalue weighted by molar-refractivity contribution is -0.130. The smallest absolute Gasteiger partial charge is 0.318 e. The van der Waals surface area contributed by atoms with Crippen LogP contribution in [0.25, 0.3) is 0 Å². The summed E-state index contributed by atoms with van der Waals surface area (Å²) in [4.78, 5) is 26.8. The van der Waals surface area contributed by atoms with Crippen molar-refractivity contribution in [1.29, 1.82) is 0 Å². The number of urea groups is 1. The van der Waals surface area contributed by atoms with Gasteiger partial charge in [-0.3, -0.25) is 4.79 Å². The maximum Gasteiger partial charge on any atom is 0.318 e. The van der Waals surface area contributed by atoms with E-state index in [1.165, 1.54) is 0 Å². The van der Waals surface area contributed by atoms with Gasteiger partial charge in [0, 0.05) is 40.2 Å². The number of aromatic nitrogens is 3. The minimum Gasteiger partial charge on any atom is -0.339 e. The molecule has 0 unspecified atom stereocenters. The number of aryl methyl sites for hydroxylation is 1. The molecule has 1 atom stereocenters. The number of amides is 3. The van der Waals surface area contributed by atoms with Crippen LogP contribution < -0.4 is 5.32 Å². The summed E-state index contributed by atoms with van der Waals surface area (Å²) in [6, 6.07) is -0.343. The van der Waals surface area contributed by atoms with Crippen molar-refractivity contribution in [2.75, 3.05) is 26.2 Å². The molecule has 2 heterocycles. The number of rotatable bonds is 2. The molecule has 0 saturated carbocycles. The van der Waals surface area contributed by atoms with Gasteiger partial charge in [0.1, 0.15) is 6.33 Å². The van der Waals surface area contributed by atoms with Crippen molar-refractivity contribution < 1.29 is 9.59 Å². The zero-order valence-corrected chi connectivity index (χ0v) is 12.0. The number of hydrogen-bond donors (Lipinski definition) is 1. The largest absolute Gasteiger partial charge is 0.339 e. The molecule has 8 heteroatoms. The van der Waals surface area contributed by atoms with E-state index in [2.05, 4.69) is 15.5 Å². The molecule has 0 spiro atoms. The fraction of sp³-hybridized carbons (Fsp3) is 0.667. The highest BCUT2D eigenvalue weighted by molar-refractivity contribution is 5.76. The van der Waals surface area contributed by atoms with Gasteiger partial charge in [0.15, 0.2) is 5.82 Å². The second-order valence-corrected chi connectivity index (χ2v) is 4.96. The summed E-state index contributed by atoms with van der Waals surface area (Å²) in [5.41, 5.74) is 0. The molecule has 2 rings (SSSR count). The van der Waals surface area contributed by atoms with Gasteiger partial charge in [-0.2, -0.15) is 0 Å². The number of nitrogens with one attached hydrogen (secondary N) is 1. The molecule has 0 aromatic carbocycles. The highest BCUT2D eigenvalue weighted by Gasteiger charge is 2.24. The molecule has 1 N–H and O–H groups in total. The summed E-state index contributed by atoms with van der Waals surface area (Å²) in [7, 11) is 1.84. The van der Waals surface area contributed by atoms with E-state index in [0.29, 0.717) is 32.0 Å². The van der Waals surface area contributed by atoms with E-state index in [1.54, 1.807) is 27.6 Å². The van der Waals surface area contributed by atoms with Gasteiger partial charge in [0.2, 0.25) is 5.91 Å². The van der Waals surface area contributed by atoms with Crippen molar-refractivity contribution >= 4 is 11.9 Å². The molecule has 8 nitrogen and oxygen atoms in total. The first-order valence-electron chi connectivity index (χ1n) is 6.64. The standard InChI is InChI=1S/C12H20N6O2/c1-9(11-15-13-8-16(11)3)14-12(20)18-6-4-17(5-7-18)10(2)19/h8-9H,4-7H2,1-3H3,(H,14,20)/t9-/m1/s1. The van der Waals surface area contributed by atoms with Gasteiger partial charge in [-0.1, -0.05) is 0 Å². The molecule has 0 bridgehead atoms. The topological polar surface area (TPSA) is 83.4 Å². The first-order chi connectivity index (χ1) is 9.49. The molecular formula is C12H20N6O2. The van der Waals surface area contributed by atoms with Gasteiger partial charge < -0.3 is 19.7 Å². The van der Waals surface area contributed by atoms with E-state index >= 15 is 0 Å². The van der Waals surface area contributed by atoms with Crippen LogP contribution in [-0.2, 0) is 11.8 Å². The Morgan fingerprint density at radius 1 is 1.25 bits per heavy atom. The van der Waals surface area contributed by atoms with E-state index in [1.807, 2.05) is 14.0 Å². The molecule has 1 fully saturated rings. The van der Waals surface area contributed by atoms with Crippen LogP contribution in [0.1, 0.15) is 25.7 Å². The Balaban J connectivity index is 1.87. The SMILES string of the molecule is CC(=O)N1CCN(C(=O)N[C@H](C)c2nncn2C)CC1. The second kappa shape index (κ2) is 5.89. The van der Waals surface area contributed by atoms with Gasteiger partial charge in [0.25, 0.3) is 0 Å². The highest BCUT2D eigenvalue weighted by atomic mass is 16.2. The van der Waals surface area contributed by atoms with Crippen molar-refractivity contribution in [3.8, 4) is 0 Å². The Kier molecular flexibility index (Phi) is 4.21. The zero-order chi connectivity index (χ0) is 14.7. The van der Waals surface area contributed by atoms with E-state index in [-0.39, 0.29) is 18.0 Å². The monoisotopic (exact) mass is 280 g/mol. The third kappa shape index (κ3) is 3.06. The van der Waals surface area contributed by atoms with Crippen LogP contribution in [0, 0.1) is 0 Å². The molecule has 1 saturated heterocycles. The Bertz CT molecular complexity index is 492. The fourth-order valence-corrected chi connectivity index (χ4v) is 2.25. The van der Waals surface area contributed by atoms with E-state index < -0.39 is 0 Å². The summed E-state index contributed by atoms with van der Waals surface area (Å²) in [6.07, 6.45) is 1.60. The Labute approximate surface area is 117 Å². The molecule has 1 aliphatic rings. The van der Waals surface area contributed by atoms with Crippen molar-refractivity contribution in [2.24, 2.45) is 7.05 Å². The van der Waals surface area contributed by atoms with Crippen LogP contribution in [0.4, 0.5) is 4.79 Å². The molecule has 0 aliphatic carbocycles. The maximum atomic E-state index is 12.1. The Morgan fingerprint density at radius 2 is 1.85 bits per heavy atom. The molecule has 1 aromatic heterocycles. The lowest BCUT2D eigenvalue weighted by Crippen LogP contribution is -2.53. The van der Waals surface area contributed by atoms with Crippen molar-refractivity contribution in [2.45, 2.75) is 19.9 Å². The van der Waals surface area contributed by atoms with Crippen molar-refractivity contribution in [1.82, 2.24) is 29.9 Å². The van der Waals surface area contributed by atoms with Gasteiger partial charge in [-0.05, 0) is 6.92 Å². The van der Waals surface area contributed by atoms with Crippen LogP contribution in [0.2, 0.25) is 0 Å². The van der Waals surface area contributed by atoms with Crippen LogP contribution in [0.3, 0.4) is 0 Å². The third-order valence-electron chi connectivity index (χ3n) is 3.49. The Morgan fingerprint density at radius 3 is 2.35 bits per heavy atom. The molecule has 3 amide bonds. The van der Waals surface area contributed by atoms with Crippen LogP contribution >= 0.6 is 0 Å². The second-order valence-electron chi connectivity index (χ2n) is 4.96. The highest BCUT2D eigenvalue weighted by Crippen LogP contribution is 2.09. The van der Waals surface area contributed by atoms with Crippen molar-refractivity contribution in [3.63, 3.8) is 0 Å². The average Bonchev–Trinajstić information content (AvgIpc) is 2.85. The van der Waals surface area contributed by atoms with E-state index in [0.717, 1.165) is 0 Å². The minimum atomic E-state index is -0.208. The lowest BCUT2D eigenvalue weighted by Gasteiger charge is -2.34. The number of nitrogens with zero attached hydrogens (tertiary/aromatic N) is 5. The van der Waals surface area contributed by atoms with Crippen LogP contribution in [0.5, 0.6) is 0 Å². The third-order valence-corrected chi connectivity index (χ3v) is 3.49. The summed E-state index contributed by atoms with van der Waals surface area (Å²) >= 11 is 0. The molecule has 1 aromatic rings. The first-order valence-corrected chi connectivity index (χ1v) is 6.64. The van der Waals surface area contributed by atoms with Gasteiger partial charge >= 0.3 is 6.03 Å². The summed E-state index contributed by atoms with van der Waals surface area (Å²) in [5.74, 6) is 0.762. The molecule has 0 radical (unpaired) electrons. The number of hydrogen-bond acceptors (Lipinski definition) is 4. The maximum absolute atomic E-state index is 12.1. The van der Waals surface area contributed by atoms with Gasteiger partial charge in [-0.25, -0.2) is 4.79 Å². The molecule has 20 heavy (non-hydrogen) atoms. The quantitative estimate of drug-likeness (QED) is 0.809. The summed E-state index contributed by atoms with van der Waals surface area (Å²) in [6.45, 7) is 5.69. The predicted molar refractivity (Wildman–Crippen MR) is 71.8 cm³/mol. The molecule has 1 aliphatic heterocycles. The number of piperazine rings is 1. The number of carbonyl (C=O) groups is 2. The van der Waals surface area contributed by atoms with Gasteiger partial charge in [-0.15, -0.1) is 10.2 Å². The molecule has 110 valence electrons. The summed E-state index contributed by atoms with van der Waals surface area (Å²) in [5, 5.41) is 10.7. The molecular weight excluding hydrogens is 260 g/mol. The first kappa shape index (κ1) is 14.3. The fourth-order valence-electron chi connectivity index (χ4n) is 2.25. The van der Waals surface area contributed by atoms with Crippen molar-refractivity contribution in [3.05, 3.63) is 12.2 Å². The average molecular weight is 280 g/mol. The van der Waals surface area contributed by atoms with Gasteiger partial charge in [0.05, 0.1) is 6.04 Å². The predicted octanol–water partition coefficient (Wildman–Crippen LogP) is -0.250. The minimum absolute atomic E-state index is 0.0533. The Hall–Kier alpha value is -2.12. The van der Waals surface area contributed by atoms with Crippen LogP contribution in [-0.4, -0.2) is 62.7 Å².